The van der Waals surface area contributed by atoms with Crippen LogP contribution in [0.4, 0.5) is 4.39 Å². The highest BCUT2D eigenvalue weighted by Gasteiger charge is 2.26. The van der Waals surface area contributed by atoms with Crippen molar-refractivity contribution in [3.63, 3.8) is 0 Å². The van der Waals surface area contributed by atoms with Gasteiger partial charge in [-0.25, -0.2) is 4.39 Å². The minimum absolute atomic E-state index is 0.0389. The Kier molecular flexibility index (Phi) is 7.83. The highest BCUT2D eigenvalue weighted by molar-refractivity contribution is 6.30. The summed E-state index contributed by atoms with van der Waals surface area (Å²) in [6.07, 6.45) is 0. The normalized spacial score (nSPS) is 11.8. The number of nitrogens with zero attached hydrogens (tertiary/aromatic N) is 3. The molecule has 0 aliphatic carbocycles. The largest absolute Gasteiger partial charge is 0.364 e. The van der Waals surface area contributed by atoms with E-state index in [1.807, 2.05) is 37.3 Å². The predicted molar refractivity (Wildman–Crippen MR) is 138 cm³/mol. The highest BCUT2D eigenvalue weighted by atomic mass is 35.5. The zero-order valence-corrected chi connectivity index (χ0v) is 20.8. The van der Waals surface area contributed by atoms with Gasteiger partial charge in [0.2, 0.25) is 11.8 Å². The molecule has 1 aromatic heterocycles. The van der Waals surface area contributed by atoms with Gasteiger partial charge in [0, 0.05) is 17.5 Å². The fourth-order valence-corrected chi connectivity index (χ4v) is 4.29. The molecular formula is C27H25ClFN5O3. The van der Waals surface area contributed by atoms with E-state index in [2.05, 4.69) is 10.4 Å². The van der Waals surface area contributed by atoms with Gasteiger partial charge < -0.3 is 16.0 Å². The lowest BCUT2D eigenvalue weighted by atomic mass is 10.1. The van der Waals surface area contributed by atoms with E-state index in [1.165, 1.54) is 21.7 Å². The van der Waals surface area contributed by atoms with E-state index in [0.717, 1.165) is 5.56 Å². The van der Waals surface area contributed by atoms with Crippen LogP contribution in [0.5, 0.6) is 0 Å². The molecule has 0 saturated carbocycles. The van der Waals surface area contributed by atoms with Crippen molar-refractivity contribution < 1.29 is 18.8 Å². The molecule has 4 rings (SSSR count). The molecule has 0 fully saturated rings. The summed E-state index contributed by atoms with van der Waals surface area (Å²) >= 11 is 5.83. The van der Waals surface area contributed by atoms with Gasteiger partial charge in [0.25, 0.3) is 5.91 Å². The van der Waals surface area contributed by atoms with Gasteiger partial charge >= 0.3 is 0 Å². The van der Waals surface area contributed by atoms with E-state index in [0.29, 0.717) is 10.9 Å². The Bertz CT molecular complexity index is 1460. The molecule has 3 aromatic carbocycles. The number of carbonyl (C=O) groups excluding carboxylic acids is 3. The first-order valence-corrected chi connectivity index (χ1v) is 11.9. The van der Waals surface area contributed by atoms with Crippen molar-refractivity contribution in [1.82, 2.24) is 20.0 Å². The number of fused-ring (bicyclic) bond motifs is 1. The van der Waals surface area contributed by atoms with E-state index in [9.17, 15) is 18.8 Å². The Morgan fingerprint density at radius 3 is 2.49 bits per heavy atom. The maximum atomic E-state index is 14.2. The topological polar surface area (TPSA) is 110 Å². The van der Waals surface area contributed by atoms with Crippen LogP contribution in [0.15, 0.2) is 72.8 Å². The van der Waals surface area contributed by atoms with Crippen molar-refractivity contribution in [1.29, 1.82) is 0 Å². The third kappa shape index (κ3) is 5.78. The van der Waals surface area contributed by atoms with Gasteiger partial charge in [-0.15, -0.1) is 0 Å². The Morgan fingerprint density at radius 2 is 1.76 bits per heavy atom. The summed E-state index contributed by atoms with van der Waals surface area (Å²) in [4.78, 5) is 39.7. The van der Waals surface area contributed by atoms with Crippen LogP contribution in [0.1, 0.15) is 34.6 Å². The van der Waals surface area contributed by atoms with Crippen molar-refractivity contribution in [2.24, 2.45) is 5.73 Å². The Labute approximate surface area is 217 Å². The molecule has 0 aliphatic heterocycles. The molecule has 0 bridgehead atoms. The van der Waals surface area contributed by atoms with Gasteiger partial charge in [-0.2, -0.15) is 5.10 Å². The van der Waals surface area contributed by atoms with Crippen LogP contribution in [0, 0.1) is 5.82 Å². The number of nitrogens with two attached hydrogens (primary N) is 1. The smallest absolute Gasteiger partial charge is 0.269 e. The number of amides is 3. The van der Waals surface area contributed by atoms with Crippen molar-refractivity contribution in [2.45, 2.75) is 26.1 Å². The lowest BCUT2D eigenvalue weighted by Gasteiger charge is -2.29. The molecule has 10 heteroatoms. The van der Waals surface area contributed by atoms with Gasteiger partial charge in [-0.1, -0.05) is 72.3 Å². The molecule has 3 amide bonds. The van der Waals surface area contributed by atoms with Gasteiger partial charge in [0.05, 0.1) is 16.6 Å². The summed E-state index contributed by atoms with van der Waals surface area (Å²) in [5.74, 6) is -2.18. The maximum Gasteiger partial charge on any atom is 0.269 e. The molecular weight excluding hydrogens is 497 g/mol. The molecule has 0 aliphatic rings. The average molecular weight is 522 g/mol. The average Bonchev–Trinajstić information content (AvgIpc) is 3.27. The number of hydrogen-bond acceptors (Lipinski definition) is 4. The molecule has 8 nitrogen and oxygen atoms in total. The molecule has 0 spiro atoms. The minimum Gasteiger partial charge on any atom is -0.364 e. The molecule has 0 radical (unpaired) electrons. The zero-order valence-electron chi connectivity index (χ0n) is 20.0. The van der Waals surface area contributed by atoms with Crippen LogP contribution in [-0.4, -0.2) is 38.9 Å². The molecule has 4 aromatic rings. The summed E-state index contributed by atoms with van der Waals surface area (Å²) in [6, 6.07) is 20.3. The minimum atomic E-state index is -0.704. The van der Waals surface area contributed by atoms with Crippen LogP contribution in [-0.2, 0) is 22.7 Å². The zero-order chi connectivity index (χ0) is 26.5. The van der Waals surface area contributed by atoms with Gasteiger partial charge in [-0.05, 0) is 24.6 Å². The van der Waals surface area contributed by atoms with Crippen molar-refractivity contribution >= 4 is 40.2 Å². The quantitative estimate of drug-likeness (QED) is 0.348. The van der Waals surface area contributed by atoms with E-state index >= 15 is 0 Å². The number of hydrogen-bond donors (Lipinski definition) is 2. The fraction of sp³-hybridized carbons (Fsp3) is 0.185. The Balaban J connectivity index is 1.57. The molecule has 1 heterocycles. The third-order valence-corrected chi connectivity index (χ3v) is 6.36. The lowest BCUT2D eigenvalue weighted by Crippen LogP contribution is -2.43. The monoisotopic (exact) mass is 521 g/mol. The molecule has 3 N–H and O–H groups in total. The molecule has 190 valence electrons. The summed E-state index contributed by atoms with van der Waals surface area (Å²) in [5.41, 5.74) is 7.17. The Hall–Kier alpha value is -4.24. The first-order chi connectivity index (χ1) is 17.8. The van der Waals surface area contributed by atoms with E-state index < -0.39 is 29.6 Å². The number of primary amides is 1. The van der Waals surface area contributed by atoms with Crippen LogP contribution < -0.4 is 11.1 Å². The van der Waals surface area contributed by atoms with E-state index in [4.69, 9.17) is 17.3 Å². The highest BCUT2D eigenvalue weighted by Crippen LogP contribution is 2.23. The van der Waals surface area contributed by atoms with Crippen molar-refractivity contribution in [3.8, 4) is 0 Å². The second-order valence-electron chi connectivity index (χ2n) is 8.49. The predicted octanol–water partition coefficient (Wildman–Crippen LogP) is 3.83. The number of para-hydroxylation sites is 1. The number of halogens is 2. The number of carbonyl (C=O) groups is 3. The van der Waals surface area contributed by atoms with Crippen LogP contribution in [0.2, 0.25) is 5.02 Å². The van der Waals surface area contributed by atoms with E-state index in [-0.39, 0.29) is 35.9 Å². The van der Waals surface area contributed by atoms with Crippen LogP contribution >= 0.6 is 11.6 Å². The first kappa shape index (κ1) is 25.8. The van der Waals surface area contributed by atoms with Gasteiger partial charge in [0.15, 0.2) is 5.69 Å². The number of rotatable bonds is 9. The van der Waals surface area contributed by atoms with Crippen molar-refractivity contribution in [3.05, 3.63) is 100 Å². The second-order valence-corrected chi connectivity index (χ2v) is 8.89. The fourth-order valence-electron chi connectivity index (χ4n) is 4.09. The number of benzene rings is 3. The summed E-state index contributed by atoms with van der Waals surface area (Å²) in [7, 11) is 0. The van der Waals surface area contributed by atoms with Crippen LogP contribution in [0.3, 0.4) is 0 Å². The summed E-state index contributed by atoms with van der Waals surface area (Å²) in [5, 5.41) is 7.41. The number of aromatic nitrogens is 2. The van der Waals surface area contributed by atoms with Gasteiger partial charge in [0.1, 0.15) is 18.9 Å². The first-order valence-electron chi connectivity index (χ1n) is 11.6. The summed E-state index contributed by atoms with van der Waals surface area (Å²) < 4.78 is 15.6. The Morgan fingerprint density at radius 1 is 1.05 bits per heavy atom. The second kappa shape index (κ2) is 11.2. The van der Waals surface area contributed by atoms with Gasteiger partial charge in [-0.3, -0.25) is 19.1 Å². The molecule has 1 unspecified atom stereocenters. The molecule has 37 heavy (non-hydrogen) atoms. The standard InChI is InChI=1S/C27H25ClFN5O3/c1-17(18-8-3-2-4-9-18)33(15-23(35)31-14-19-10-7-12-21(28)25(19)29)24(36)16-34-22-13-6-5-11-20(22)26(32-34)27(30)37/h2-13,17H,14-16H2,1H3,(H2,30,37)(H,31,35). The lowest BCUT2D eigenvalue weighted by molar-refractivity contribution is -0.138. The SMILES string of the molecule is CC(c1ccccc1)N(CC(=O)NCc1cccc(Cl)c1F)C(=O)Cn1nc(C(N)=O)c2ccccc21. The van der Waals surface area contributed by atoms with Crippen molar-refractivity contribution in [2.75, 3.05) is 6.54 Å². The molecule has 1 atom stereocenters. The third-order valence-electron chi connectivity index (χ3n) is 6.07. The van der Waals surface area contributed by atoms with Crippen LogP contribution in [0.25, 0.3) is 10.9 Å². The summed E-state index contributed by atoms with van der Waals surface area (Å²) in [6.45, 7) is 1.23. The molecule has 0 saturated heterocycles. The maximum absolute atomic E-state index is 14.2. The van der Waals surface area contributed by atoms with E-state index in [1.54, 1.807) is 30.3 Å². The number of nitrogens with one attached hydrogen (secondary N) is 1.